The van der Waals surface area contributed by atoms with Crippen molar-refractivity contribution in [2.45, 2.75) is 4.90 Å². The summed E-state index contributed by atoms with van der Waals surface area (Å²) in [6.07, 6.45) is -0.573. The third kappa shape index (κ3) is 5.81. The zero-order valence-corrected chi connectivity index (χ0v) is 14.0. The maximum absolute atomic E-state index is 11.9. The summed E-state index contributed by atoms with van der Waals surface area (Å²) >= 11 is 1.27. The van der Waals surface area contributed by atoms with Gasteiger partial charge in [-0.05, 0) is 36.4 Å². The van der Waals surface area contributed by atoms with Crippen LogP contribution in [0.5, 0.6) is 0 Å². The summed E-state index contributed by atoms with van der Waals surface area (Å²) in [5, 5.41) is 15.8. The molecule has 2 aromatic carbocycles. The van der Waals surface area contributed by atoms with Crippen LogP contribution in [0.4, 0.5) is 21.9 Å². The van der Waals surface area contributed by atoms with Gasteiger partial charge in [0.25, 0.3) is 5.69 Å². The van der Waals surface area contributed by atoms with E-state index in [0.29, 0.717) is 11.4 Å². The Kier molecular flexibility index (Phi) is 6.35. The van der Waals surface area contributed by atoms with Gasteiger partial charge in [-0.3, -0.25) is 20.2 Å². The lowest BCUT2D eigenvalue weighted by atomic mass is 10.3. The second-order valence-electron chi connectivity index (χ2n) is 4.78. The van der Waals surface area contributed by atoms with Crippen LogP contribution < -0.4 is 10.6 Å². The number of nitro benzene ring substituents is 1. The first-order chi connectivity index (χ1) is 12.0. The van der Waals surface area contributed by atoms with Crippen LogP contribution in [0.1, 0.15) is 0 Å². The Morgan fingerprint density at radius 2 is 1.60 bits per heavy atom. The number of carbonyl (C=O) groups excluding carboxylic acids is 2. The Labute approximate surface area is 147 Å². The number of rotatable bonds is 6. The van der Waals surface area contributed by atoms with Gasteiger partial charge in [-0.15, -0.1) is 11.8 Å². The third-order valence-corrected chi connectivity index (χ3v) is 4.03. The first-order valence-corrected chi connectivity index (χ1v) is 8.08. The number of ether oxygens (including phenoxy) is 1. The van der Waals surface area contributed by atoms with Crippen molar-refractivity contribution in [2.75, 3.05) is 23.5 Å². The van der Waals surface area contributed by atoms with Gasteiger partial charge in [-0.2, -0.15) is 0 Å². The van der Waals surface area contributed by atoms with Crippen LogP contribution in [0.25, 0.3) is 0 Å². The minimum atomic E-state index is -0.573. The van der Waals surface area contributed by atoms with Crippen molar-refractivity contribution in [2.24, 2.45) is 0 Å². The number of hydrogen-bond donors (Lipinski definition) is 2. The Hall–Kier alpha value is -3.07. The monoisotopic (exact) mass is 361 g/mol. The molecule has 0 saturated carbocycles. The first kappa shape index (κ1) is 18.3. The van der Waals surface area contributed by atoms with Crippen LogP contribution in [0, 0.1) is 10.1 Å². The number of nitrogens with zero attached hydrogens (tertiary/aromatic N) is 1. The summed E-state index contributed by atoms with van der Waals surface area (Å²) in [5.41, 5.74) is 1.14. The van der Waals surface area contributed by atoms with Crippen molar-refractivity contribution in [1.82, 2.24) is 0 Å². The molecule has 0 unspecified atom stereocenters. The fraction of sp³-hybridized carbons (Fsp3) is 0.125. The predicted octanol–water partition coefficient (Wildman–Crippen LogP) is 3.50. The zero-order chi connectivity index (χ0) is 18.2. The maximum atomic E-state index is 11.9. The summed E-state index contributed by atoms with van der Waals surface area (Å²) in [6, 6.07) is 12.6. The van der Waals surface area contributed by atoms with E-state index in [1.54, 1.807) is 36.4 Å². The quantitative estimate of drug-likeness (QED) is 0.463. The summed E-state index contributed by atoms with van der Waals surface area (Å²) in [7, 11) is 1.27. The molecule has 2 aromatic rings. The van der Waals surface area contributed by atoms with Crippen LogP contribution in [0.3, 0.4) is 0 Å². The molecule has 0 bridgehead atoms. The lowest BCUT2D eigenvalue weighted by Gasteiger charge is -2.07. The Balaban J connectivity index is 1.83. The number of benzene rings is 2. The van der Waals surface area contributed by atoms with Crippen molar-refractivity contribution < 1.29 is 19.2 Å². The van der Waals surface area contributed by atoms with E-state index in [9.17, 15) is 19.7 Å². The van der Waals surface area contributed by atoms with Crippen molar-refractivity contribution in [3.8, 4) is 0 Å². The molecule has 0 aromatic heterocycles. The fourth-order valence-corrected chi connectivity index (χ4v) is 2.51. The van der Waals surface area contributed by atoms with E-state index in [2.05, 4.69) is 15.4 Å². The topological polar surface area (TPSA) is 111 Å². The van der Waals surface area contributed by atoms with Crippen LogP contribution in [-0.4, -0.2) is 29.8 Å². The molecular formula is C16H15N3O5S. The van der Waals surface area contributed by atoms with Crippen LogP contribution in [-0.2, 0) is 9.53 Å². The molecule has 0 fully saturated rings. The fourth-order valence-electron chi connectivity index (χ4n) is 1.82. The predicted molar refractivity (Wildman–Crippen MR) is 94.9 cm³/mol. The molecule has 8 nitrogen and oxygen atoms in total. The Bertz CT molecular complexity index is 762. The van der Waals surface area contributed by atoms with Gasteiger partial charge in [-0.25, -0.2) is 4.79 Å². The highest BCUT2D eigenvalue weighted by atomic mass is 32.2. The third-order valence-electron chi connectivity index (χ3n) is 3.02. The standard InChI is InChI=1S/C16H15N3O5S/c1-24-16(21)18-12-4-2-11(3-5-12)17-15(20)10-25-14-8-6-13(7-9-14)19(22)23/h2-9H,10H2,1H3,(H,17,20)(H,18,21). The van der Waals surface area contributed by atoms with Crippen molar-refractivity contribution >= 4 is 40.8 Å². The number of carbonyl (C=O) groups is 2. The summed E-state index contributed by atoms with van der Waals surface area (Å²) < 4.78 is 4.48. The van der Waals surface area contributed by atoms with E-state index in [4.69, 9.17) is 0 Å². The second-order valence-corrected chi connectivity index (χ2v) is 5.83. The minimum Gasteiger partial charge on any atom is -0.453 e. The lowest BCUT2D eigenvalue weighted by molar-refractivity contribution is -0.384. The van der Waals surface area contributed by atoms with Gasteiger partial charge < -0.3 is 10.1 Å². The molecule has 2 rings (SSSR count). The average Bonchev–Trinajstić information content (AvgIpc) is 2.62. The molecule has 9 heteroatoms. The summed E-state index contributed by atoms with van der Waals surface area (Å²) in [4.78, 5) is 33.9. The number of amides is 2. The Morgan fingerprint density at radius 1 is 1.04 bits per heavy atom. The SMILES string of the molecule is COC(=O)Nc1ccc(NC(=O)CSc2ccc([N+](=O)[O-])cc2)cc1. The largest absolute Gasteiger partial charge is 0.453 e. The molecule has 2 amide bonds. The molecule has 0 aliphatic heterocycles. The number of thioether (sulfide) groups is 1. The van der Waals surface area contributed by atoms with Gasteiger partial charge in [0.1, 0.15) is 0 Å². The van der Waals surface area contributed by atoms with E-state index in [0.717, 1.165) is 4.90 Å². The number of nitro groups is 1. The van der Waals surface area contributed by atoms with Crippen molar-refractivity contribution in [3.05, 3.63) is 58.6 Å². The van der Waals surface area contributed by atoms with Crippen LogP contribution in [0.2, 0.25) is 0 Å². The van der Waals surface area contributed by atoms with Crippen molar-refractivity contribution in [1.29, 1.82) is 0 Å². The van der Waals surface area contributed by atoms with Crippen LogP contribution >= 0.6 is 11.8 Å². The highest BCUT2D eigenvalue weighted by molar-refractivity contribution is 8.00. The molecule has 0 spiro atoms. The number of anilines is 2. The van der Waals surface area contributed by atoms with E-state index in [1.807, 2.05) is 0 Å². The molecule has 25 heavy (non-hydrogen) atoms. The zero-order valence-electron chi connectivity index (χ0n) is 13.2. The molecule has 2 N–H and O–H groups in total. The molecule has 0 heterocycles. The molecule has 0 radical (unpaired) electrons. The van der Waals surface area contributed by atoms with Gasteiger partial charge in [-0.1, -0.05) is 0 Å². The molecule has 0 atom stereocenters. The minimum absolute atomic E-state index is 0.00875. The van der Waals surface area contributed by atoms with E-state index >= 15 is 0 Å². The number of hydrogen-bond acceptors (Lipinski definition) is 6. The number of non-ortho nitro benzene ring substituents is 1. The first-order valence-electron chi connectivity index (χ1n) is 7.10. The van der Waals surface area contributed by atoms with E-state index < -0.39 is 11.0 Å². The van der Waals surface area contributed by atoms with Crippen molar-refractivity contribution in [3.63, 3.8) is 0 Å². The van der Waals surface area contributed by atoms with E-state index in [-0.39, 0.29) is 17.3 Å². The number of nitrogens with one attached hydrogen (secondary N) is 2. The molecule has 130 valence electrons. The normalized spacial score (nSPS) is 9.96. The summed E-state index contributed by atoms with van der Waals surface area (Å²) in [5.74, 6) is -0.0444. The van der Waals surface area contributed by atoms with Gasteiger partial charge in [0.05, 0.1) is 17.8 Å². The molecule has 0 aliphatic carbocycles. The summed E-state index contributed by atoms with van der Waals surface area (Å²) in [6.45, 7) is 0. The van der Waals surface area contributed by atoms with Gasteiger partial charge in [0.15, 0.2) is 0 Å². The van der Waals surface area contributed by atoms with Crippen LogP contribution in [0.15, 0.2) is 53.4 Å². The van der Waals surface area contributed by atoms with Gasteiger partial charge >= 0.3 is 6.09 Å². The number of methoxy groups -OCH3 is 1. The maximum Gasteiger partial charge on any atom is 0.411 e. The molecular weight excluding hydrogens is 346 g/mol. The van der Waals surface area contributed by atoms with Gasteiger partial charge in [0.2, 0.25) is 5.91 Å². The highest BCUT2D eigenvalue weighted by Gasteiger charge is 2.07. The second kappa shape index (κ2) is 8.69. The molecule has 0 saturated heterocycles. The average molecular weight is 361 g/mol. The van der Waals surface area contributed by atoms with E-state index in [1.165, 1.54) is 31.0 Å². The highest BCUT2D eigenvalue weighted by Crippen LogP contribution is 2.22. The smallest absolute Gasteiger partial charge is 0.411 e. The lowest BCUT2D eigenvalue weighted by Crippen LogP contribution is -2.14. The molecule has 0 aliphatic rings. The Morgan fingerprint density at radius 3 is 2.12 bits per heavy atom. The van der Waals surface area contributed by atoms with Gasteiger partial charge in [0, 0.05) is 28.4 Å².